The van der Waals surface area contributed by atoms with Crippen molar-refractivity contribution >= 4 is 63.7 Å². The Labute approximate surface area is 189 Å². The van der Waals surface area contributed by atoms with Crippen molar-refractivity contribution in [3.63, 3.8) is 0 Å². The Bertz CT molecular complexity index is 1090. The summed E-state index contributed by atoms with van der Waals surface area (Å²) in [5, 5.41) is 6.23. The van der Waals surface area contributed by atoms with Crippen molar-refractivity contribution in [1.82, 2.24) is 5.32 Å². The minimum Gasteiger partial charge on any atom is -0.332 e. The first-order valence-corrected chi connectivity index (χ1v) is 10.0. The summed E-state index contributed by atoms with van der Waals surface area (Å²) >= 11 is 17.1. The van der Waals surface area contributed by atoms with E-state index in [-0.39, 0.29) is 21.6 Å². The van der Waals surface area contributed by atoms with Gasteiger partial charge in [-0.05, 0) is 66.8 Å². The number of thiocarbonyl (C=S) groups is 1. The van der Waals surface area contributed by atoms with Crippen LogP contribution in [0, 0.1) is 0 Å². The van der Waals surface area contributed by atoms with Gasteiger partial charge in [0, 0.05) is 29.0 Å². The zero-order chi connectivity index (χ0) is 21.7. The Morgan fingerprint density at radius 1 is 0.933 bits per heavy atom. The van der Waals surface area contributed by atoms with Gasteiger partial charge < -0.3 is 10.2 Å². The molecule has 152 valence electrons. The van der Waals surface area contributed by atoms with E-state index in [0.717, 1.165) is 5.69 Å². The molecule has 8 heteroatoms. The molecule has 0 unspecified atom stereocenters. The van der Waals surface area contributed by atoms with E-state index in [1.807, 2.05) is 30.3 Å². The molecule has 0 aliphatic heterocycles. The van der Waals surface area contributed by atoms with E-state index in [4.69, 9.17) is 35.4 Å². The van der Waals surface area contributed by atoms with E-state index < -0.39 is 5.91 Å². The highest BCUT2D eigenvalue weighted by Crippen LogP contribution is 2.21. The number of hydrogen-bond acceptors (Lipinski definition) is 3. The van der Waals surface area contributed by atoms with Crippen LogP contribution in [0.1, 0.15) is 20.7 Å². The summed E-state index contributed by atoms with van der Waals surface area (Å²) in [5.41, 5.74) is 2.21. The maximum Gasteiger partial charge on any atom is 0.258 e. The van der Waals surface area contributed by atoms with Gasteiger partial charge in [-0.25, -0.2) is 0 Å². The van der Waals surface area contributed by atoms with E-state index in [1.54, 1.807) is 42.3 Å². The minimum atomic E-state index is -0.453. The number of rotatable bonds is 4. The molecule has 0 fully saturated rings. The number of carbonyl (C=O) groups excluding carboxylic acids is 2. The van der Waals surface area contributed by atoms with Crippen molar-refractivity contribution in [2.75, 3.05) is 17.3 Å². The Balaban J connectivity index is 1.61. The number of carbonyl (C=O) groups is 2. The van der Waals surface area contributed by atoms with Crippen molar-refractivity contribution in [2.24, 2.45) is 0 Å². The van der Waals surface area contributed by atoms with Crippen LogP contribution in [0.15, 0.2) is 72.8 Å². The van der Waals surface area contributed by atoms with Crippen LogP contribution >= 0.6 is 35.4 Å². The Morgan fingerprint density at radius 3 is 2.23 bits per heavy atom. The molecule has 0 spiro atoms. The third-order valence-electron chi connectivity index (χ3n) is 4.24. The second-order valence-corrected chi connectivity index (χ2v) is 7.56. The minimum absolute atomic E-state index is 0.103. The zero-order valence-electron chi connectivity index (χ0n) is 15.9. The first-order valence-electron chi connectivity index (χ1n) is 8.85. The lowest BCUT2D eigenvalue weighted by Crippen LogP contribution is -2.34. The van der Waals surface area contributed by atoms with Gasteiger partial charge in [-0.2, -0.15) is 0 Å². The lowest BCUT2D eigenvalue weighted by Gasteiger charge is -2.17. The van der Waals surface area contributed by atoms with Gasteiger partial charge >= 0.3 is 0 Å². The molecule has 30 heavy (non-hydrogen) atoms. The van der Waals surface area contributed by atoms with Crippen molar-refractivity contribution < 1.29 is 9.59 Å². The maximum absolute atomic E-state index is 12.6. The van der Waals surface area contributed by atoms with E-state index in [9.17, 15) is 9.59 Å². The van der Waals surface area contributed by atoms with Crippen molar-refractivity contribution in [3.05, 3.63) is 94.0 Å². The SMILES string of the molecule is CN(C(=O)c1ccc(NC(=S)NC(=O)c2ccc(Cl)cc2Cl)cc1)c1ccccc1. The lowest BCUT2D eigenvalue weighted by atomic mass is 10.1. The van der Waals surface area contributed by atoms with Crippen LogP contribution in [0.5, 0.6) is 0 Å². The van der Waals surface area contributed by atoms with Gasteiger partial charge in [0.1, 0.15) is 0 Å². The van der Waals surface area contributed by atoms with E-state index >= 15 is 0 Å². The second kappa shape index (κ2) is 9.71. The Morgan fingerprint density at radius 2 is 1.60 bits per heavy atom. The molecular formula is C22H17Cl2N3O2S. The van der Waals surface area contributed by atoms with Gasteiger partial charge in [0.2, 0.25) is 0 Å². The van der Waals surface area contributed by atoms with Crippen LogP contribution in [0.4, 0.5) is 11.4 Å². The van der Waals surface area contributed by atoms with Crippen molar-refractivity contribution in [2.45, 2.75) is 0 Å². The van der Waals surface area contributed by atoms with Crippen LogP contribution in [0.2, 0.25) is 10.0 Å². The number of para-hydroxylation sites is 1. The number of amides is 2. The van der Waals surface area contributed by atoms with Crippen LogP contribution in [0.3, 0.4) is 0 Å². The molecule has 3 aromatic carbocycles. The fourth-order valence-electron chi connectivity index (χ4n) is 2.67. The van der Waals surface area contributed by atoms with Crippen molar-refractivity contribution in [3.8, 4) is 0 Å². The Kier molecular flexibility index (Phi) is 7.05. The van der Waals surface area contributed by atoms with E-state index in [1.165, 1.54) is 12.1 Å². The zero-order valence-corrected chi connectivity index (χ0v) is 18.2. The number of nitrogens with zero attached hydrogens (tertiary/aromatic N) is 1. The first-order chi connectivity index (χ1) is 14.3. The number of halogens is 2. The molecule has 0 heterocycles. The van der Waals surface area contributed by atoms with Gasteiger partial charge in [0.25, 0.3) is 11.8 Å². The predicted octanol–water partition coefficient (Wildman–Crippen LogP) is 5.40. The van der Waals surface area contributed by atoms with E-state index in [0.29, 0.717) is 16.3 Å². The molecule has 3 rings (SSSR count). The summed E-state index contributed by atoms with van der Waals surface area (Å²) in [6, 6.07) is 20.7. The third kappa shape index (κ3) is 5.36. The summed E-state index contributed by atoms with van der Waals surface area (Å²) < 4.78 is 0. The monoisotopic (exact) mass is 457 g/mol. The highest BCUT2D eigenvalue weighted by Gasteiger charge is 2.14. The fraction of sp³-hybridized carbons (Fsp3) is 0.0455. The molecule has 0 aliphatic rings. The lowest BCUT2D eigenvalue weighted by molar-refractivity contribution is 0.0974. The average Bonchev–Trinajstić information content (AvgIpc) is 2.73. The summed E-state index contributed by atoms with van der Waals surface area (Å²) in [4.78, 5) is 26.5. The van der Waals surface area contributed by atoms with Gasteiger partial charge in [0.05, 0.1) is 10.6 Å². The number of hydrogen-bond donors (Lipinski definition) is 2. The topological polar surface area (TPSA) is 61.4 Å². The Hall–Kier alpha value is -2.93. The largest absolute Gasteiger partial charge is 0.332 e. The molecule has 3 aromatic rings. The summed E-state index contributed by atoms with van der Waals surface area (Å²) in [6.07, 6.45) is 0. The summed E-state index contributed by atoms with van der Waals surface area (Å²) in [5.74, 6) is -0.591. The molecule has 5 nitrogen and oxygen atoms in total. The molecule has 0 aromatic heterocycles. The summed E-state index contributed by atoms with van der Waals surface area (Å²) in [6.45, 7) is 0. The van der Waals surface area contributed by atoms with Gasteiger partial charge in [-0.3, -0.25) is 14.9 Å². The number of benzene rings is 3. The predicted molar refractivity (Wildman–Crippen MR) is 126 cm³/mol. The number of anilines is 2. The van der Waals surface area contributed by atoms with Gasteiger partial charge in [-0.15, -0.1) is 0 Å². The van der Waals surface area contributed by atoms with Gasteiger partial charge in [-0.1, -0.05) is 41.4 Å². The summed E-state index contributed by atoms with van der Waals surface area (Å²) in [7, 11) is 1.72. The molecule has 0 atom stereocenters. The van der Waals surface area contributed by atoms with Crippen LogP contribution in [-0.4, -0.2) is 24.0 Å². The molecular weight excluding hydrogens is 441 g/mol. The highest BCUT2D eigenvalue weighted by atomic mass is 35.5. The van der Waals surface area contributed by atoms with E-state index in [2.05, 4.69) is 10.6 Å². The molecule has 0 saturated carbocycles. The molecule has 0 saturated heterocycles. The number of nitrogens with one attached hydrogen (secondary N) is 2. The quantitative estimate of drug-likeness (QED) is 0.515. The van der Waals surface area contributed by atoms with Crippen LogP contribution in [0.25, 0.3) is 0 Å². The average molecular weight is 458 g/mol. The molecule has 0 bridgehead atoms. The maximum atomic E-state index is 12.6. The molecule has 2 amide bonds. The second-order valence-electron chi connectivity index (χ2n) is 6.31. The highest BCUT2D eigenvalue weighted by molar-refractivity contribution is 7.80. The fourth-order valence-corrected chi connectivity index (χ4v) is 3.37. The third-order valence-corrected chi connectivity index (χ3v) is 4.99. The molecule has 0 radical (unpaired) electrons. The standard InChI is InChI=1S/C22H17Cl2N3O2S/c1-27(17-5-3-2-4-6-17)21(29)14-7-10-16(11-8-14)25-22(30)26-20(28)18-12-9-15(23)13-19(18)24/h2-13H,1H3,(H2,25,26,28,30). The van der Waals surface area contributed by atoms with Gasteiger partial charge in [0.15, 0.2) is 5.11 Å². The van der Waals surface area contributed by atoms with Crippen LogP contribution < -0.4 is 15.5 Å². The smallest absolute Gasteiger partial charge is 0.258 e. The molecule has 2 N–H and O–H groups in total. The molecule has 0 aliphatic carbocycles. The first kappa shape index (κ1) is 21.8. The van der Waals surface area contributed by atoms with Crippen LogP contribution in [-0.2, 0) is 0 Å². The van der Waals surface area contributed by atoms with Crippen molar-refractivity contribution in [1.29, 1.82) is 0 Å². The normalized spacial score (nSPS) is 10.2.